The lowest BCUT2D eigenvalue weighted by molar-refractivity contribution is 0.0609. The molecule has 0 bridgehead atoms. The van der Waals surface area contributed by atoms with Gasteiger partial charge in [-0.2, -0.15) is 0 Å². The van der Waals surface area contributed by atoms with Crippen LogP contribution in [0.5, 0.6) is 0 Å². The maximum absolute atomic E-state index is 13.1. The summed E-state index contributed by atoms with van der Waals surface area (Å²) in [6.07, 6.45) is 10.7. The zero-order chi connectivity index (χ0) is 46.2. The highest BCUT2D eigenvalue weighted by Gasteiger charge is 2.31. The zero-order valence-electron chi connectivity index (χ0n) is 37.4. The molecule has 2 aliphatic rings. The molecule has 1 amide bonds. The first-order chi connectivity index (χ1) is 30.3. The van der Waals surface area contributed by atoms with Crippen LogP contribution in [0, 0.1) is 11.8 Å². The van der Waals surface area contributed by atoms with Gasteiger partial charge in [0.25, 0.3) is 20.0 Å². The molecule has 8 rings (SSSR count). The Morgan fingerprint density at radius 3 is 1.41 bits per heavy atom. The maximum Gasteiger partial charge on any atom is 0.337 e. The summed E-state index contributed by atoms with van der Waals surface area (Å²) in [6.45, 7) is 17.6. The van der Waals surface area contributed by atoms with E-state index in [-0.39, 0.29) is 31.7 Å². The van der Waals surface area contributed by atoms with Gasteiger partial charge < -0.3 is 29.4 Å². The summed E-state index contributed by atoms with van der Waals surface area (Å²) in [6, 6.07) is 12.7. The van der Waals surface area contributed by atoms with Crippen molar-refractivity contribution in [2.45, 2.75) is 114 Å². The number of aromatic nitrogens is 6. The van der Waals surface area contributed by atoms with Crippen LogP contribution in [0.25, 0.3) is 22.1 Å². The number of nitrogens with zero attached hydrogens (tertiary/aromatic N) is 6. The Balaban J connectivity index is 0.000000191. The predicted molar refractivity (Wildman–Crippen MR) is 243 cm³/mol. The van der Waals surface area contributed by atoms with Crippen molar-refractivity contribution in [2.24, 2.45) is 17.6 Å². The number of amides is 1. The minimum Gasteiger partial charge on any atom is -0.478 e. The molecule has 344 valence electrons. The number of nitrogens with two attached hydrogens (primary N) is 1. The van der Waals surface area contributed by atoms with Crippen LogP contribution in [0.3, 0.4) is 0 Å². The van der Waals surface area contributed by atoms with Crippen molar-refractivity contribution in [2.75, 3.05) is 26.4 Å². The highest BCUT2D eigenvalue weighted by molar-refractivity contribution is 7.90. The Labute approximate surface area is 374 Å². The van der Waals surface area contributed by atoms with Crippen LogP contribution in [-0.4, -0.2) is 87.3 Å². The third-order valence-electron chi connectivity index (χ3n) is 13.0. The van der Waals surface area contributed by atoms with Crippen LogP contribution in [-0.2, 0) is 53.4 Å². The number of carboxylic acid groups (broad SMARTS) is 1. The molecule has 64 heavy (non-hydrogen) atoms. The first kappa shape index (κ1) is 46.7. The molecule has 0 atom stereocenters. The van der Waals surface area contributed by atoms with Crippen LogP contribution in [0.4, 0.5) is 0 Å². The molecule has 0 aliphatic carbocycles. The van der Waals surface area contributed by atoms with Crippen LogP contribution in [0.15, 0.2) is 83.1 Å². The molecular formula is C46H59N7O9S2. The van der Waals surface area contributed by atoms with Gasteiger partial charge in [0, 0.05) is 75.1 Å². The van der Waals surface area contributed by atoms with Gasteiger partial charge in [-0.15, -0.1) is 0 Å². The number of imidazole rings is 2. The van der Waals surface area contributed by atoms with Gasteiger partial charge in [-0.3, -0.25) is 4.79 Å². The number of ether oxygens (including phenoxy) is 2. The lowest BCUT2D eigenvalue weighted by Crippen LogP contribution is -2.26. The molecule has 2 saturated heterocycles. The fourth-order valence-electron chi connectivity index (χ4n) is 8.20. The second kappa shape index (κ2) is 18.3. The van der Waals surface area contributed by atoms with E-state index in [0.717, 1.165) is 115 Å². The molecule has 2 aliphatic heterocycles. The van der Waals surface area contributed by atoms with Crippen molar-refractivity contribution in [3.8, 4) is 0 Å². The zero-order valence-corrected chi connectivity index (χ0v) is 39.0. The number of fused-ring (bicyclic) bond motifs is 2. The van der Waals surface area contributed by atoms with Crippen molar-refractivity contribution in [3.63, 3.8) is 0 Å². The average molecular weight is 918 g/mol. The summed E-state index contributed by atoms with van der Waals surface area (Å²) in [7, 11) is -7.80. The van der Waals surface area contributed by atoms with Crippen molar-refractivity contribution >= 4 is 54.0 Å². The van der Waals surface area contributed by atoms with Crippen molar-refractivity contribution in [1.29, 1.82) is 0 Å². The Kier molecular flexibility index (Phi) is 13.3. The number of rotatable bonds is 14. The monoisotopic (exact) mass is 917 g/mol. The second-order valence-corrected chi connectivity index (χ2v) is 21.8. The van der Waals surface area contributed by atoms with Gasteiger partial charge in [0.2, 0.25) is 5.91 Å². The molecule has 6 heterocycles. The van der Waals surface area contributed by atoms with E-state index in [1.165, 1.54) is 30.7 Å². The SMILES string of the molecule is CCC(C)(C)c1nc2cc(S(=O)(=O)n3ccc(C(=O)O)c3)ccc2n1CC1CCOCC1.CCC(C)(C)c1nc2cc(S(=O)(=O)n3ccc(C(N)=O)c3)ccc2n1CC1CCOCC1. The van der Waals surface area contributed by atoms with E-state index < -0.39 is 31.9 Å². The minimum atomic E-state index is -3.93. The quantitative estimate of drug-likeness (QED) is 0.112. The Bertz CT molecular complexity index is 2700. The lowest BCUT2D eigenvalue weighted by Gasteiger charge is -2.28. The van der Waals surface area contributed by atoms with Crippen LogP contribution in [0.2, 0.25) is 0 Å². The van der Waals surface area contributed by atoms with E-state index in [0.29, 0.717) is 22.9 Å². The number of aromatic carboxylic acids is 1. The van der Waals surface area contributed by atoms with Gasteiger partial charge in [-0.1, -0.05) is 41.5 Å². The fraction of sp³-hybridized carbons (Fsp3) is 0.478. The van der Waals surface area contributed by atoms with E-state index in [2.05, 4.69) is 50.7 Å². The van der Waals surface area contributed by atoms with E-state index in [9.17, 15) is 26.4 Å². The molecule has 4 aromatic heterocycles. The molecule has 0 radical (unpaired) electrons. The topological polar surface area (TPSA) is 213 Å². The molecular weight excluding hydrogens is 859 g/mol. The highest BCUT2D eigenvalue weighted by atomic mass is 32.2. The summed E-state index contributed by atoms with van der Waals surface area (Å²) in [5, 5.41) is 9.11. The van der Waals surface area contributed by atoms with E-state index >= 15 is 0 Å². The van der Waals surface area contributed by atoms with E-state index in [4.69, 9.17) is 30.3 Å². The van der Waals surface area contributed by atoms with Crippen molar-refractivity contribution < 1.29 is 41.0 Å². The smallest absolute Gasteiger partial charge is 0.337 e. The van der Waals surface area contributed by atoms with Gasteiger partial charge in [0.15, 0.2) is 0 Å². The number of carboxylic acids is 1. The van der Waals surface area contributed by atoms with Gasteiger partial charge in [-0.05, 0) is 98.9 Å². The molecule has 3 N–H and O–H groups in total. The van der Waals surface area contributed by atoms with E-state index in [1.54, 1.807) is 24.3 Å². The summed E-state index contributed by atoms with van der Waals surface area (Å²) < 4.78 is 69.9. The maximum atomic E-state index is 13.1. The molecule has 18 heteroatoms. The number of carbonyl (C=O) groups excluding carboxylic acids is 1. The van der Waals surface area contributed by atoms with Gasteiger partial charge in [-0.25, -0.2) is 39.5 Å². The summed E-state index contributed by atoms with van der Waals surface area (Å²) in [5.41, 5.74) is 8.12. The molecule has 0 saturated carbocycles. The molecule has 0 spiro atoms. The minimum absolute atomic E-state index is 0.0779. The van der Waals surface area contributed by atoms with Crippen LogP contribution >= 0.6 is 0 Å². The van der Waals surface area contributed by atoms with Crippen LogP contribution in [0.1, 0.15) is 112 Å². The van der Waals surface area contributed by atoms with Crippen molar-refractivity contribution in [1.82, 2.24) is 27.0 Å². The second-order valence-electron chi connectivity index (χ2n) is 18.1. The van der Waals surface area contributed by atoms with Gasteiger partial charge >= 0.3 is 5.97 Å². The van der Waals surface area contributed by atoms with E-state index in [1.807, 2.05) is 12.1 Å². The molecule has 6 aromatic rings. The predicted octanol–water partition coefficient (Wildman–Crippen LogP) is 7.18. The molecule has 2 fully saturated rings. The standard InChI is InChI=1S/C23H30N4O4S.C23H29N3O5S/c1-4-23(2,3)22-25-19-13-18(32(29,30)26-10-7-17(15-26)21(24)28)5-6-20(19)27(22)14-16-8-11-31-12-9-16;1-4-23(2,3)22-24-19-13-18(32(29,30)25-10-7-17(15-25)21(27)28)5-6-20(19)26(22)14-16-8-11-31-12-9-16/h5-7,10,13,15-16H,4,8-9,11-12,14H2,1-3H3,(H2,24,28);5-7,10,13,15-16H,4,8-9,11-12,14H2,1-3H3,(H,27,28). The average Bonchev–Trinajstić information content (AvgIpc) is 4.11. The summed E-state index contributed by atoms with van der Waals surface area (Å²) in [4.78, 5) is 32.5. The first-order valence-corrected chi connectivity index (χ1v) is 24.7. The largest absolute Gasteiger partial charge is 0.478 e. The Morgan fingerprint density at radius 2 is 1.06 bits per heavy atom. The molecule has 0 unspecified atom stereocenters. The fourth-order valence-corrected chi connectivity index (χ4v) is 10.6. The Hall–Kier alpha value is -5.30. The van der Waals surface area contributed by atoms with Gasteiger partial charge in [0.1, 0.15) is 11.6 Å². The molecule has 2 aromatic carbocycles. The molecule has 16 nitrogen and oxygen atoms in total. The van der Waals surface area contributed by atoms with Gasteiger partial charge in [0.05, 0.1) is 43.0 Å². The number of hydrogen-bond acceptors (Lipinski definition) is 10. The third-order valence-corrected chi connectivity index (χ3v) is 16.3. The highest BCUT2D eigenvalue weighted by Crippen LogP contribution is 2.35. The normalized spacial score (nSPS) is 16.0. The van der Waals surface area contributed by atoms with Crippen molar-refractivity contribution in [3.05, 3.63) is 96.1 Å². The number of hydrogen-bond donors (Lipinski definition) is 2. The number of benzene rings is 2. The van der Waals surface area contributed by atoms with Crippen LogP contribution < -0.4 is 5.73 Å². The Morgan fingerprint density at radius 1 is 0.672 bits per heavy atom. The number of carbonyl (C=O) groups is 2. The third kappa shape index (κ3) is 9.41. The lowest BCUT2D eigenvalue weighted by atomic mass is 9.89. The first-order valence-electron chi connectivity index (χ1n) is 21.8. The summed E-state index contributed by atoms with van der Waals surface area (Å²) >= 11 is 0. The number of primary amides is 1. The summed E-state index contributed by atoms with van der Waals surface area (Å²) in [5.74, 6) is 1.06.